The zero-order chi connectivity index (χ0) is 15.4. The number of nitrogens with zero attached hydrogens (tertiary/aromatic N) is 3. The zero-order valence-electron chi connectivity index (χ0n) is 12.9. The molecule has 0 bridgehead atoms. The average Bonchev–Trinajstić information content (AvgIpc) is 3.06. The summed E-state index contributed by atoms with van der Waals surface area (Å²) in [5.41, 5.74) is 2.09. The number of ether oxygens (including phenoxy) is 1. The van der Waals surface area contributed by atoms with Crippen LogP contribution >= 0.6 is 0 Å². The lowest BCUT2D eigenvalue weighted by Crippen LogP contribution is -2.40. The predicted octanol–water partition coefficient (Wildman–Crippen LogP) is 0.410. The van der Waals surface area contributed by atoms with Crippen LogP contribution in [0, 0.1) is 6.92 Å². The van der Waals surface area contributed by atoms with E-state index in [4.69, 9.17) is 9.84 Å². The molecule has 0 unspecified atom stereocenters. The lowest BCUT2D eigenvalue weighted by molar-refractivity contribution is 0.0130. The highest BCUT2D eigenvalue weighted by Crippen LogP contribution is 2.18. The van der Waals surface area contributed by atoms with Gasteiger partial charge < -0.3 is 20.1 Å². The third kappa shape index (κ3) is 3.95. The van der Waals surface area contributed by atoms with Gasteiger partial charge in [-0.3, -0.25) is 4.68 Å². The van der Waals surface area contributed by atoms with Gasteiger partial charge in [-0.05, 0) is 19.8 Å². The number of carbonyl (C=O) groups excluding carboxylic acids is 1. The average molecular weight is 296 g/mol. The third-order valence-electron chi connectivity index (χ3n) is 3.97. The molecule has 0 aromatic carbocycles. The Morgan fingerprint density at radius 1 is 1.57 bits per heavy atom. The highest BCUT2D eigenvalue weighted by molar-refractivity contribution is 5.73. The molecule has 0 saturated carbocycles. The number of aliphatic hydroxyl groups excluding tert-OH is 1. The topological polar surface area (TPSA) is 79.6 Å². The third-order valence-corrected chi connectivity index (χ3v) is 3.97. The van der Waals surface area contributed by atoms with Gasteiger partial charge in [-0.15, -0.1) is 0 Å². The van der Waals surface area contributed by atoms with Crippen LogP contribution in [0.15, 0.2) is 6.20 Å². The van der Waals surface area contributed by atoms with Crippen molar-refractivity contribution in [2.24, 2.45) is 7.05 Å². The Morgan fingerprint density at radius 3 is 2.86 bits per heavy atom. The molecule has 1 fully saturated rings. The molecule has 1 aliphatic heterocycles. The quantitative estimate of drug-likeness (QED) is 0.825. The Balaban J connectivity index is 1.76. The Kier molecular flexibility index (Phi) is 5.19. The number of carbonyl (C=O) groups is 1. The van der Waals surface area contributed by atoms with E-state index in [2.05, 4.69) is 10.4 Å². The molecule has 21 heavy (non-hydrogen) atoms. The van der Waals surface area contributed by atoms with Crippen LogP contribution in [0.25, 0.3) is 0 Å². The minimum absolute atomic E-state index is 0.000344. The molecule has 1 aromatic rings. The molecule has 1 aromatic heterocycles. The maximum Gasteiger partial charge on any atom is 0.317 e. The number of aromatic nitrogens is 2. The Bertz CT molecular complexity index is 489. The second-order valence-electron chi connectivity index (χ2n) is 5.56. The summed E-state index contributed by atoms with van der Waals surface area (Å²) in [6, 6.07) is -0.130. The van der Waals surface area contributed by atoms with Crippen molar-refractivity contribution in [2.75, 3.05) is 20.2 Å². The molecule has 2 atom stereocenters. The van der Waals surface area contributed by atoms with Crippen LogP contribution in [0.5, 0.6) is 0 Å². The molecule has 0 aliphatic carbocycles. The smallest absolute Gasteiger partial charge is 0.317 e. The van der Waals surface area contributed by atoms with Gasteiger partial charge in [0.15, 0.2) is 0 Å². The van der Waals surface area contributed by atoms with Gasteiger partial charge in [0, 0.05) is 31.9 Å². The van der Waals surface area contributed by atoms with Crippen LogP contribution in [0.3, 0.4) is 0 Å². The molecule has 2 heterocycles. The van der Waals surface area contributed by atoms with E-state index >= 15 is 0 Å². The molecular formula is C14H24N4O3. The van der Waals surface area contributed by atoms with E-state index in [1.54, 1.807) is 22.8 Å². The van der Waals surface area contributed by atoms with Crippen LogP contribution in [-0.2, 0) is 18.3 Å². The van der Waals surface area contributed by atoms with Crippen LogP contribution in [0.2, 0.25) is 0 Å². The van der Waals surface area contributed by atoms with Crippen molar-refractivity contribution in [3.05, 3.63) is 17.5 Å². The van der Waals surface area contributed by atoms with Gasteiger partial charge in [0.05, 0.1) is 31.6 Å². The van der Waals surface area contributed by atoms with Crippen LogP contribution in [0.4, 0.5) is 4.79 Å². The highest BCUT2D eigenvalue weighted by atomic mass is 16.5. The van der Waals surface area contributed by atoms with Gasteiger partial charge in [0.25, 0.3) is 0 Å². The van der Waals surface area contributed by atoms with E-state index in [0.717, 1.165) is 24.1 Å². The molecule has 2 amide bonds. The normalized spacial score (nSPS) is 21.5. The summed E-state index contributed by atoms with van der Waals surface area (Å²) in [5.74, 6) is 0. The maximum atomic E-state index is 12.1. The number of aryl methyl sites for hydroxylation is 1. The molecule has 1 aliphatic rings. The van der Waals surface area contributed by atoms with Crippen LogP contribution in [-0.4, -0.2) is 58.2 Å². The van der Waals surface area contributed by atoms with Gasteiger partial charge in [0.2, 0.25) is 0 Å². The molecule has 2 N–H and O–H groups in total. The van der Waals surface area contributed by atoms with E-state index in [1.165, 1.54) is 0 Å². The predicted molar refractivity (Wildman–Crippen MR) is 77.8 cm³/mol. The monoisotopic (exact) mass is 296 g/mol. The Labute approximate surface area is 124 Å². The zero-order valence-corrected chi connectivity index (χ0v) is 12.9. The molecule has 1 saturated heterocycles. The van der Waals surface area contributed by atoms with E-state index in [9.17, 15) is 4.79 Å². The van der Waals surface area contributed by atoms with Crippen molar-refractivity contribution in [2.45, 2.75) is 38.5 Å². The van der Waals surface area contributed by atoms with Gasteiger partial charge in [-0.2, -0.15) is 5.10 Å². The fourth-order valence-electron chi connectivity index (χ4n) is 2.43. The number of urea groups is 1. The molecule has 7 nitrogen and oxygen atoms in total. The molecule has 0 spiro atoms. The van der Waals surface area contributed by atoms with Crippen molar-refractivity contribution in [3.8, 4) is 0 Å². The molecule has 0 radical (unpaired) electrons. The summed E-state index contributed by atoms with van der Waals surface area (Å²) >= 11 is 0. The largest absolute Gasteiger partial charge is 0.394 e. The Morgan fingerprint density at radius 2 is 2.29 bits per heavy atom. The lowest BCUT2D eigenvalue weighted by atomic mass is 10.2. The minimum atomic E-state index is -0.130. The number of hydrogen-bond acceptors (Lipinski definition) is 4. The first-order valence-electron chi connectivity index (χ1n) is 7.24. The van der Waals surface area contributed by atoms with Gasteiger partial charge in [0.1, 0.15) is 0 Å². The fraction of sp³-hybridized carbons (Fsp3) is 0.714. The maximum absolute atomic E-state index is 12.1. The van der Waals surface area contributed by atoms with E-state index in [-0.39, 0.29) is 24.8 Å². The Hall–Kier alpha value is -1.60. The molecule has 7 heteroatoms. The summed E-state index contributed by atoms with van der Waals surface area (Å²) < 4.78 is 7.38. The van der Waals surface area contributed by atoms with Crippen molar-refractivity contribution in [1.29, 1.82) is 0 Å². The van der Waals surface area contributed by atoms with Crippen molar-refractivity contribution in [1.82, 2.24) is 20.0 Å². The van der Waals surface area contributed by atoms with Crippen molar-refractivity contribution in [3.63, 3.8) is 0 Å². The summed E-state index contributed by atoms with van der Waals surface area (Å²) in [5, 5.41) is 16.1. The van der Waals surface area contributed by atoms with Gasteiger partial charge in [-0.1, -0.05) is 0 Å². The summed E-state index contributed by atoms with van der Waals surface area (Å²) in [7, 11) is 3.64. The second-order valence-corrected chi connectivity index (χ2v) is 5.56. The van der Waals surface area contributed by atoms with Crippen molar-refractivity contribution < 1.29 is 14.6 Å². The van der Waals surface area contributed by atoms with Crippen LogP contribution < -0.4 is 5.32 Å². The highest BCUT2D eigenvalue weighted by Gasteiger charge is 2.25. The summed E-state index contributed by atoms with van der Waals surface area (Å²) in [6.45, 7) is 3.03. The van der Waals surface area contributed by atoms with E-state index in [1.807, 2.05) is 14.0 Å². The minimum Gasteiger partial charge on any atom is -0.394 e. The molecule has 2 rings (SSSR count). The number of rotatable bonds is 5. The number of nitrogens with one attached hydrogen (secondary N) is 1. The lowest BCUT2D eigenvalue weighted by Gasteiger charge is -2.19. The number of hydrogen-bond donors (Lipinski definition) is 2. The van der Waals surface area contributed by atoms with Crippen molar-refractivity contribution >= 4 is 6.03 Å². The first-order chi connectivity index (χ1) is 10.0. The second kappa shape index (κ2) is 6.91. The summed E-state index contributed by atoms with van der Waals surface area (Å²) in [4.78, 5) is 13.7. The first kappa shape index (κ1) is 15.8. The number of amides is 2. The van der Waals surface area contributed by atoms with Gasteiger partial charge in [-0.25, -0.2) is 4.79 Å². The van der Waals surface area contributed by atoms with Crippen LogP contribution in [0.1, 0.15) is 24.1 Å². The number of aliphatic hydroxyl groups is 1. The van der Waals surface area contributed by atoms with E-state index < -0.39 is 0 Å². The molecule has 118 valence electrons. The SMILES string of the molecule is Cc1c(CN(C)C(=O)NC[C@H]2CC[C@@H](CO)O2)cnn1C. The molecular weight excluding hydrogens is 272 g/mol. The van der Waals surface area contributed by atoms with E-state index in [0.29, 0.717) is 13.1 Å². The first-order valence-corrected chi connectivity index (χ1v) is 7.24. The standard InChI is InChI=1S/C14H24N4O3/c1-10-11(6-16-18(10)3)8-17(2)14(20)15-7-12-4-5-13(9-19)21-12/h6,12-13,19H,4-5,7-9H2,1-3H3,(H,15,20)/t12-,13+/m1/s1. The fourth-order valence-corrected chi connectivity index (χ4v) is 2.43. The van der Waals surface area contributed by atoms with Gasteiger partial charge >= 0.3 is 6.03 Å². The summed E-state index contributed by atoms with van der Waals surface area (Å²) in [6.07, 6.45) is 3.42.